The van der Waals surface area contributed by atoms with E-state index in [1.165, 1.54) is 18.0 Å². The second-order valence-electron chi connectivity index (χ2n) is 3.97. The molecule has 2 aromatic rings. The maximum atomic E-state index is 12.1. The zero-order chi connectivity index (χ0) is 11.7. The van der Waals surface area contributed by atoms with Crippen LogP contribution in [0.1, 0.15) is 21.6 Å². The monoisotopic (exact) mass is 225 g/mol. The Balaban J connectivity index is 1.97. The van der Waals surface area contributed by atoms with Gasteiger partial charge in [0, 0.05) is 30.2 Å². The molecule has 1 aliphatic heterocycles. The lowest BCUT2D eigenvalue weighted by atomic mass is 10.0. The highest BCUT2D eigenvalue weighted by molar-refractivity contribution is 6.08. The summed E-state index contributed by atoms with van der Waals surface area (Å²) in [6.07, 6.45) is 5.60. The zero-order valence-electron chi connectivity index (χ0n) is 9.18. The summed E-state index contributed by atoms with van der Waals surface area (Å²) in [5, 5.41) is 3.26. The lowest BCUT2D eigenvalue weighted by Crippen LogP contribution is -2.04. The van der Waals surface area contributed by atoms with E-state index in [1.807, 2.05) is 18.2 Å². The molecule has 0 atom stereocenters. The van der Waals surface area contributed by atoms with Gasteiger partial charge in [0.05, 0.1) is 6.20 Å². The van der Waals surface area contributed by atoms with Gasteiger partial charge in [-0.05, 0) is 18.1 Å². The predicted octanol–water partition coefficient (Wildman–Crippen LogP) is 1.68. The largest absolute Gasteiger partial charge is 0.384 e. The third kappa shape index (κ3) is 1.78. The molecule has 0 bridgehead atoms. The SMILES string of the molecule is O=C(c1ccc2c(c1)NCC2)c1cnccn1. The quantitative estimate of drug-likeness (QED) is 0.790. The lowest BCUT2D eigenvalue weighted by molar-refractivity contribution is 0.103. The number of hydrogen-bond donors (Lipinski definition) is 1. The maximum Gasteiger partial charge on any atom is 0.212 e. The Labute approximate surface area is 98.7 Å². The molecule has 17 heavy (non-hydrogen) atoms. The van der Waals surface area contributed by atoms with Crippen molar-refractivity contribution in [2.75, 3.05) is 11.9 Å². The van der Waals surface area contributed by atoms with E-state index >= 15 is 0 Å². The molecule has 0 aliphatic carbocycles. The van der Waals surface area contributed by atoms with Gasteiger partial charge in [-0.25, -0.2) is 4.98 Å². The van der Waals surface area contributed by atoms with Crippen LogP contribution in [0.5, 0.6) is 0 Å². The number of hydrogen-bond acceptors (Lipinski definition) is 4. The first kappa shape index (κ1) is 9.96. The Bertz CT molecular complexity index is 566. The van der Waals surface area contributed by atoms with Crippen molar-refractivity contribution in [2.24, 2.45) is 0 Å². The van der Waals surface area contributed by atoms with E-state index in [-0.39, 0.29) is 5.78 Å². The molecule has 2 heterocycles. The third-order valence-corrected chi connectivity index (χ3v) is 2.88. The van der Waals surface area contributed by atoms with Crippen molar-refractivity contribution < 1.29 is 4.79 Å². The molecule has 84 valence electrons. The minimum atomic E-state index is -0.0883. The summed E-state index contributed by atoms with van der Waals surface area (Å²) < 4.78 is 0. The first-order valence-corrected chi connectivity index (χ1v) is 5.52. The van der Waals surface area contributed by atoms with Crippen molar-refractivity contribution in [3.05, 3.63) is 53.6 Å². The van der Waals surface area contributed by atoms with Crippen molar-refractivity contribution in [1.82, 2.24) is 9.97 Å². The van der Waals surface area contributed by atoms with Gasteiger partial charge in [0.1, 0.15) is 5.69 Å². The molecule has 1 N–H and O–H groups in total. The van der Waals surface area contributed by atoms with Crippen LogP contribution >= 0.6 is 0 Å². The Morgan fingerprint density at radius 1 is 1.29 bits per heavy atom. The fourth-order valence-electron chi connectivity index (χ4n) is 2.00. The van der Waals surface area contributed by atoms with E-state index in [9.17, 15) is 4.79 Å². The molecule has 1 aliphatic rings. The molecule has 1 aromatic heterocycles. The number of carbonyl (C=O) groups excluding carboxylic acids is 1. The van der Waals surface area contributed by atoms with Gasteiger partial charge in [-0.15, -0.1) is 0 Å². The fourth-order valence-corrected chi connectivity index (χ4v) is 2.00. The molecule has 4 heteroatoms. The van der Waals surface area contributed by atoms with Gasteiger partial charge in [0.15, 0.2) is 0 Å². The van der Waals surface area contributed by atoms with Gasteiger partial charge < -0.3 is 5.32 Å². The van der Waals surface area contributed by atoms with Crippen LogP contribution in [0.2, 0.25) is 0 Å². The number of benzene rings is 1. The molecular weight excluding hydrogens is 214 g/mol. The fraction of sp³-hybridized carbons (Fsp3) is 0.154. The minimum absolute atomic E-state index is 0.0883. The Morgan fingerprint density at radius 3 is 3.06 bits per heavy atom. The summed E-state index contributed by atoms with van der Waals surface area (Å²) in [6, 6.07) is 5.74. The highest BCUT2D eigenvalue weighted by atomic mass is 16.1. The highest BCUT2D eigenvalue weighted by Gasteiger charge is 2.15. The summed E-state index contributed by atoms with van der Waals surface area (Å²) in [5.41, 5.74) is 3.35. The minimum Gasteiger partial charge on any atom is -0.384 e. The molecule has 0 unspecified atom stereocenters. The summed E-state index contributed by atoms with van der Waals surface area (Å²) in [4.78, 5) is 20.0. The molecule has 4 nitrogen and oxygen atoms in total. The van der Waals surface area contributed by atoms with Crippen LogP contribution in [0.3, 0.4) is 0 Å². The molecule has 0 radical (unpaired) electrons. The predicted molar refractivity (Wildman–Crippen MR) is 64.1 cm³/mol. The molecule has 0 fully saturated rings. The zero-order valence-corrected chi connectivity index (χ0v) is 9.18. The van der Waals surface area contributed by atoms with Crippen LogP contribution in [0.4, 0.5) is 5.69 Å². The van der Waals surface area contributed by atoms with E-state index in [4.69, 9.17) is 0 Å². The Morgan fingerprint density at radius 2 is 2.24 bits per heavy atom. The number of carbonyl (C=O) groups is 1. The van der Waals surface area contributed by atoms with Crippen molar-refractivity contribution >= 4 is 11.5 Å². The number of nitrogens with one attached hydrogen (secondary N) is 1. The van der Waals surface area contributed by atoms with Gasteiger partial charge in [0.2, 0.25) is 5.78 Å². The molecule has 0 amide bonds. The standard InChI is InChI=1S/C13H11N3O/c17-13(12-8-14-5-6-16-12)10-2-1-9-3-4-15-11(9)7-10/h1-2,5-8,15H,3-4H2. The third-order valence-electron chi connectivity index (χ3n) is 2.88. The van der Waals surface area contributed by atoms with Crippen LogP contribution < -0.4 is 5.32 Å². The van der Waals surface area contributed by atoms with Gasteiger partial charge in [-0.2, -0.15) is 0 Å². The van der Waals surface area contributed by atoms with Gasteiger partial charge in [-0.3, -0.25) is 9.78 Å². The first-order valence-electron chi connectivity index (χ1n) is 5.52. The van der Waals surface area contributed by atoms with Gasteiger partial charge in [-0.1, -0.05) is 12.1 Å². The number of ketones is 1. The van der Waals surface area contributed by atoms with Crippen LogP contribution in [0.15, 0.2) is 36.8 Å². The van der Waals surface area contributed by atoms with Gasteiger partial charge >= 0.3 is 0 Å². The second kappa shape index (κ2) is 3.97. The molecule has 0 spiro atoms. The number of fused-ring (bicyclic) bond motifs is 1. The van der Waals surface area contributed by atoms with Crippen molar-refractivity contribution in [3.8, 4) is 0 Å². The van der Waals surface area contributed by atoms with Crippen LogP contribution in [-0.2, 0) is 6.42 Å². The number of rotatable bonds is 2. The second-order valence-corrected chi connectivity index (χ2v) is 3.97. The topological polar surface area (TPSA) is 54.9 Å². The molecule has 1 aromatic carbocycles. The van der Waals surface area contributed by atoms with Crippen molar-refractivity contribution in [1.29, 1.82) is 0 Å². The van der Waals surface area contributed by atoms with Crippen LogP contribution in [-0.4, -0.2) is 22.3 Å². The summed E-state index contributed by atoms with van der Waals surface area (Å²) in [6.45, 7) is 0.943. The molecular formula is C13H11N3O. The molecule has 0 saturated carbocycles. The van der Waals surface area contributed by atoms with Crippen molar-refractivity contribution in [3.63, 3.8) is 0 Å². The number of aromatic nitrogens is 2. The van der Waals surface area contributed by atoms with Crippen LogP contribution in [0.25, 0.3) is 0 Å². The summed E-state index contributed by atoms with van der Waals surface area (Å²) in [5.74, 6) is -0.0883. The summed E-state index contributed by atoms with van der Waals surface area (Å²) in [7, 11) is 0. The van der Waals surface area contributed by atoms with E-state index in [2.05, 4.69) is 15.3 Å². The van der Waals surface area contributed by atoms with E-state index in [1.54, 1.807) is 6.20 Å². The lowest BCUT2D eigenvalue weighted by Gasteiger charge is -2.03. The normalized spacial score (nSPS) is 12.9. The smallest absolute Gasteiger partial charge is 0.212 e. The Hall–Kier alpha value is -2.23. The highest BCUT2D eigenvalue weighted by Crippen LogP contribution is 2.24. The van der Waals surface area contributed by atoms with Crippen LogP contribution in [0, 0.1) is 0 Å². The molecule has 3 rings (SSSR count). The average Bonchev–Trinajstić information content (AvgIpc) is 2.86. The summed E-state index contributed by atoms with van der Waals surface area (Å²) >= 11 is 0. The number of anilines is 1. The maximum absolute atomic E-state index is 12.1. The Kier molecular flexibility index (Phi) is 2.33. The van der Waals surface area contributed by atoms with E-state index in [0.717, 1.165) is 18.7 Å². The van der Waals surface area contributed by atoms with Crippen molar-refractivity contribution in [2.45, 2.75) is 6.42 Å². The number of nitrogens with zero attached hydrogens (tertiary/aromatic N) is 2. The average molecular weight is 225 g/mol. The van der Waals surface area contributed by atoms with Gasteiger partial charge in [0.25, 0.3) is 0 Å². The van der Waals surface area contributed by atoms with E-state index < -0.39 is 0 Å². The molecule has 0 saturated heterocycles. The first-order chi connectivity index (χ1) is 8.34. The van der Waals surface area contributed by atoms with E-state index in [0.29, 0.717) is 11.3 Å².